The van der Waals surface area contributed by atoms with Gasteiger partial charge in [-0.15, -0.1) is 0 Å². The van der Waals surface area contributed by atoms with E-state index in [2.05, 4.69) is 15.9 Å². The van der Waals surface area contributed by atoms with Gasteiger partial charge in [0.1, 0.15) is 0 Å². The van der Waals surface area contributed by atoms with Crippen LogP contribution < -0.4 is 0 Å². The Labute approximate surface area is 100 Å². The van der Waals surface area contributed by atoms with Gasteiger partial charge in [-0.1, -0.05) is 27.5 Å². The van der Waals surface area contributed by atoms with E-state index in [-0.39, 0.29) is 18.6 Å². The lowest BCUT2D eigenvalue weighted by Crippen LogP contribution is -2.04. The summed E-state index contributed by atoms with van der Waals surface area (Å²) in [6.07, 6.45) is -0.206. The Hall–Kier alpha value is -0.870. The van der Waals surface area contributed by atoms with Crippen LogP contribution in [0.15, 0.2) is 22.7 Å². The quantitative estimate of drug-likeness (QED) is 0.867. The van der Waals surface area contributed by atoms with E-state index in [4.69, 9.17) is 16.7 Å². The van der Waals surface area contributed by atoms with E-state index in [0.717, 1.165) is 4.47 Å². The molecule has 15 heavy (non-hydrogen) atoms. The molecule has 0 unspecified atom stereocenters. The van der Waals surface area contributed by atoms with E-state index in [9.17, 15) is 9.59 Å². The van der Waals surface area contributed by atoms with Crippen LogP contribution in [-0.2, 0) is 4.79 Å². The molecule has 0 aliphatic rings. The maximum Gasteiger partial charge on any atom is 0.303 e. The van der Waals surface area contributed by atoms with Crippen LogP contribution in [0.25, 0.3) is 0 Å². The molecule has 0 saturated carbocycles. The SMILES string of the molecule is O=C(O)CCC(=O)c1ccc(Br)cc1Cl. The molecule has 0 bridgehead atoms. The van der Waals surface area contributed by atoms with Crippen LogP contribution in [0.4, 0.5) is 0 Å². The molecule has 0 aliphatic carbocycles. The molecule has 1 N–H and O–H groups in total. The summed E-state index contributed by atoms with van der Waals surface area (Å²) >= 11 is 9.06. The van der Waals surface area contributed by atoms with E-state index in [1.54, 1.807) is 18.2 Å². The molecule has 1 rings (SSSR count). The Morgan fingerprint density at radius 1 is 1.33 bits per heavy atom. The standard InChI is InChI=1S/C10H8BrClO3/c11-6-1-2-7(8(12)5-6)9(13)3-4-10(14)15/h1-2,5H,3-4H2,(H,14,15). The molecule has 0 heterocycles. The van der Waals surface area contributed by atoms with Gasteiger partial charge in [-0.2, -0.15) is 0 Å². The van der Waals surface area contributed by atoms with Crippen molar-refractivity contribution in [1.29, 1.82) is 0 Å². The van der Waals surface area contributed by atoms with Crippen LogP contribution in [0.1, 0.15) is 23.2 Å². The molecule has 0 fully saturated rings. The second-order valence-corrected chi connectivity index (χ2v) is 4.26. The van der Waals surface area contributed by atoms with Gasteiger partial charge in [-0.05, 0) is 18.2 Å². The fourth-order valence-corrected chi connectivity index (χ4v) is 1.85. The number of hydrogen-bond acceptors (Lipinski definition) is 2. The van der Waals surface area contributed by atoms with Crippen molar-refractivity contribution in [3.63, 3.8) is 0 Å². The number of rotatable bonds is 4. The van der Waals surface area contributed by atoms with Gasteiger partial charge < -0.3 is 5.11 Å². The number of benzene rings is 1. The van der Waals surface area contributed by atoms with Gasteiger partial charge in [-0.25, -0.2) is 0 Å². The van der Waals surface area contributed by atoms with Crippen molar-refractivity contribution in [2.45, 2.75) is 12.8 Å². The highest BCUT2D eigenvalue weighted by Crippen LogP contribution is 2.22. The highest BCUT2D eigenvalue weighted by atomic mass is 79.9. The van der Waals surface area contributed by atoms with Gasteiger partial charge >= 0.3 is 5.97 Å². The summed E-state index contributed by atoms with van der Waals surface area (Å²) in [5.41, 5.74) is 0.362. The normalized spacial score (nSPS) is 10.0. The predicted octanol–water partition coefficient (Wildman–Crippen LogP) is 3.15. The van der Waals surface area contributed by atoms with Crippen LogP contribution in [-0.4, -0.2) is 16.9 Å². The maximum absolute atomic E-state index is 11.5. The second kappa shape index (κ2) is 5.28. The average Bonchev–Trinajstić information content (AvgIpc) is 2.14. The van der Waals surface area contributed by atoms with Crippen LogP contribution in [0.3, 0.4) is 0 Å². The Bertz CT molecular complexity index is 404. The van der Waals surface area contributed by atoms with Crippen molar-refractivity contribution in [3.05, 3.63) is 33.3 Å². The molecule has 1 aromatic rings. The third-order valence-electron chi connectivity index (χ3n) is 1.80. The van der Waals surface area contributed by atoms with Crippen LogP contribution in [0, 0.1) is 0 Å². The van der Waals surface area contributed by atoms with Gasteiger partial charge in [0, 0.05) is 16.5 Å². The first-order chi connectivity index (χ1) is 7.00. The summed E-state index contributed by atoms with van der Waals surface area (Å²) in [7, 11) is 0. The lowest BCUT2D eigenvalue weighted by molar-refractivity contribution is -0.136. The number of ketones is 1. The largest absolute Gasteiger partial charge is 0.481 e. The van der Waals surface area contributed by atoms with Crippen LogP contribution in [0.5, 0.6) is 0 Å². The first kappa shape index (κ1) is 12.2. The molecule has 0 saturated heterocycles. The predicted molar refractivity (Wildman–Crippen MR) is 60.4 cm³/mol. The number of Topliss-reactive ketones (excluding diaryl/α,β-unsaturated/α-hetero) is 1. The van der Waals surface area contributed by atoms with Crippen LogP contribution >= 0.6 is 27.5 Å². The molecule has 0 aliphatic heterocycles. The topological polar surface area (TPSA) is 54.4 Å². The highest BCUT2D eigenvalue weighted by Gasteiger charge is 2.11. The lowest BCUT2D eigenvalue weighted by Gasteiger charge is -2.02. The third-order valence-corrected chi connectivity index (χ3v) is 2.60. The minimum atomic E-state index is -0.989. The average molecular weight is 292 g/mol. The molecule has 80 valence electrons. The second-order valence-electron chi connectivity index (χ2n) is 2.94. The zero-order valence-electron chi connectivity index (χ0n) is 7.67. The summed E-state index contributed by atoms with van der Waals surface area (Å²) < 4.78 is 0.780. The monoisotopic (exact) mass is 290 g/mol. The van der Waals surface area contributed by atoms with Crippen molar-refractivity contribution >= 4 is 39.3 Å². The summed E-state index contributed by atoms with van der Waals surface area (Å²) in [6, 6.07) is 4.88. The van der Waals surface area contributed by atoms with Crippen LogP contribution in [0.2, 0.25) is 5.02 Å². The number of halogens is 2. The summed E-state index contributed by atoms with van der Waals surface area (Å²) in [5, 5.41) is 8.76. The number of hydrogen-bond donors (Lipinski definition) is 1. The minimum absolute atomic E-state index is 0.0311. The summed E-state index contributed by atoms with van der Waals surface area (Å²) in [5.74, 6) is -1.24. The Balaban J connectivity index is 2.78. The Morgan fingerprint density at radius 3 is 2.53 bits per heavy atom. The lowest BCUT2D eigenvalue weighted by atomic mass is 10.1. The summed E-state index contributed by atoms with van der Waals surface area (Å²) in [4.78, 5) is 21.8. The fraction of sp³-hybridized carbons (Fsp3) is 0.200. The first-order valence-electron chi connectivity index (χ1n) is 4.20. The Morgan fingerprint density at radius 2 is 2.00 bits per heavy atom. The number of carboxylic acid groups (broad SMARTS) is 1. The van der Waals surface area contributed by atoms with Crippen molar-refractivity contribution in [2.24, 2.45) is 0 Å². The molecule has 0 spiro atoms. The van der Waals surface area contributed by atoms with Gasteiger partial charge in [0.05, 0.1) is 11.4 Å². The molecule has 3 nitrogen and oxygen atoms in total. The zero-order chi connectivity index (χ0) is 11.4. The van der Waals surface area contributed by atoms with E-state index in [1.807, 2.05) is 0 Å². The zero-order valence-corrected chi connectivity index (χ0v) is 10.0. The van der Waals surface area contributed by atoms with Gasteiger partial charge in [0.15, 0.2) is 5.78 Å². The number of carbonyl (C=O) groups excluding carboxylic acids is 1. The molecule has 0 amide bonds. The molecule has 1 aromatic carbocycles. The fourth-order valence-electron chi connectivity index (χ4n) is 1.07. The number of carbonyl (C=O) groups is 2. The van der Waals surface area contributed by atoms with Crippen molar-refractivity contribution in [1.82, 2.24) is 0 Å². The van der Waals surface area contributed by atoms with Gasteiger partial charge in [-0.3, -0.25) is 9.59 Å². The van der Waals surface area contributed by atoms with Gasteiger partial charge in [0.2, 0.25) is 0 Å². The van der Waals surface area contributed by atoms with E-state index >= 15 is 0 Å². The molecule has 0 atom stereocenters. The smallest absolute Gasteiger partial charge is 0.303 e. The van der Waals surface area contributed by atoms with Crippen molar-refractivity contribution in [3.8, 4) is 0 Å². The molecule has 0 aromatic heterocycles. The molecule has 0 radical (unpaired) electrons. The van der Waals surface area contributed by atoms with E-state index in [0.29, 0.717) is 10.6 Å². The minimum Gasteiger partial charge on any atom is -0.481 e. The van der Waals surface area contributed by atoms with Crippen molar-refractivity contribution in [2.75, 3.05) is 0 Å². The molecule has 5 heteroatoms. The maximum atomic E-state index is 11.5. The van der Waals surface area contributed by atoms with E-state index in [1.165, 1.54) is 0 Å². The Kier molecular flexibility index (Phi) is 4.29. The number of carboxylic acids is 1. The van der Waals surface area contributed by atoms with Crippen molar-refractivity contribution < 1.29 is 14.7 Å². The molecular weight excluding hydrogens is 283 g/mol. The van der Waals surface area contributed by atoms with E-state index < -0.39 is 5.97 Å². The van der Waals surface area contributed by atoms with Gasteiger partial charge in [0.25, 0.3) is 0 Å². The summed E-state index contributed by atoms with van der Waals surface area (Å²) in [6.45, 7) is 0. The highest BCUT2D eigenvalue weighted by molar-refractivity contribution is 9.10. The molecular formula is C10H8BrClO3. The first-order valence-corrected chi connectivity index (χ1v) is 5.38. The number of aliphatic carboxylic acids is 1. The third kappa shape index (κ3) is 3.64.